The number of carbonyl (C=O) groups is 2. The molecule has 0 heterocycles. The molecule has 0 aromatic heterocycles. The molecule has 0 aliphatic heterocycles. The second-order valence-corrected chi connectivity index (χ2v) is 13.1. The van der Waals surface area contributed by atoms with Gasteiger partial charge >= 0.3 is 0 Å². The van der Waals surface area contributed by atoms with E-state index in [9.17, 15) is 18.0 Å². The Kier molecular flexibility index (Phi) is 11.0. The van der Waals surface area contributed by atoms with Crippen LogP contribution in [0.5, 0.6) is 5.75 Å². The largest absolute Gasteiger partial charge is 0.497 e. The topological polar surface area (TPSA) is 96.0 Å². The fraction of sp³-hybridized carbons (Fsp3) is 0.278. The lowest BCUT2D eigenvalue weighted by Gasteiger charge is -2.33. The second kappa shape index (κ2) is 14.9. The fourth-order valence-corrected chi connectivity index (χ4v) is 6.49. The summed E-state index contributed by atoms with van der Waals surface area (Å²) in [7, 11) is -1.08. The molecule has 0 fully saturated rings. The van der Waals surface area contributed by atoms with Crippen LogP contribution < -0.4 is 14.4 Å². The Labute approximate surface area is 266 Å². The molecular weight excluding hydrogens is 586 g/mol. The number of rotatable bonds is 13. The van der Waals surface area contributed by atoms with E-state index in [1.54, 1.807) is 55.6 Å². The van der Waals surface area contributed by atoms with Gasteiger partial charge in [0.1, 0.15) is 18.3 Å². The van der Waals surface area contributed by atoms with E-state index in [1.807, 2.05) is 61.5 Å². The van der Waals surface area contributed by atoms with Gasteiger partial charge in [-0.15, -0.1) is 0 Å². The summed E-state index contributed by atoms with van der Waals surface area (Å²) in [5.41, 5.74) is 3.91. The van der Waals surface area contributed by atoms with Gasteiger partial charge < -0.3 is 15.0 Å². The summed E-state index contributed by atoms with van der Waals surface area (Å²) in [4.78, 5) is 29.4. The summed E-state index contributed by atoms with van der Waals surface area (Å²) in [6.07, 6.45) is 0.240. The Balaban J connectivity index is 1.80. The summed E-state index contributed by atoms with van der Waals surface area (Å²) < 4.78 is 34.9. The molecule has 1 atom stereocenters. The standard InChI is InChI=1S/C36H41N3O5S/c1-26(2)30-16-18-31(19-17-30)39(45(42,43)33-20-14-27(3)15-21-33)25-35(40)38(24-29-12-9-13-32(22-29)44-5)34(36(41)37-4)23-28-10-7-6-8-11-28/h6-22,26,34H,23-25H2,1-5H3,(H,37,41)/t34-/m1/s1. The summed E-state index contributed by atoms with van der Waals surface area (Å²) in [6.45, 7) is 5.54. The molecule has 45 heavy (non-hydrogen) atoms. The third kappa shape index (κ3) is 8.30. The molecule has 236 valence electrons. The van der Waals surface area contributed by atoms with Gasteiger partial charge in [0.05, 0.1) is 17.7 Å². The molecular formula is C36H41N3O5S. The van der Waals surface area contributed by atoms with Crippen LogP contribution in [-0.4, -0.2) is 51.9 Å². The van der Waals surface area contributed by atoms with Crippen molar-refractivity contribution in [1.82, 2.24) is 10.2 Å². The zero-order chi connectivity index (χ0) is 32.6. The maximum Gasteiger partial charge on any atom is 0.264 e. The number of nitrogens with one attached hydrogen (secondary N) is 1. The molecule has 2 amide bonds. The Morgan fingerprint density at radius 3 is 2.09 bits per heavy atom. The number of likely N-dealkylation sites (N-methyl/N-ethyl adjacent to an activating group) is 1. The van der Waals surface area contributed by atoms with Gasteiger partial charge in [0.2, 0.25) is 11.8 Å². The average molecular weight is 628 g/mol. The first-order chi connectivity index (χ1) is 21.5. The first-order valence-corrected chi connectivity index (χ1v) is 16.3. The molecule has 0 aliphatic carbocycles. The lowest BCUT2D eigenvalue weighted by molar-refractivity contribution is -0.139. The lowest BCUT2D eigenvalue weighted by Crippen LogP contribution is -2.53. The molecule has 4 rings (SSSR count). The van der Waals surface area contributed by atoms with Gasteiger partial charge in [-0.1, -0.05) is 86.1 Å². The molecule has 4 aromatic carbocycles. The SMILES string of the molecule is CNC(=O)[C@@H](Cc1ccccc1)N(Cc1cccc(OC)c1)C(=O)CN(c1ccc(C(C)C)cc1)S(=O)(=O)c1ccc(C)cc1. The summed E-state index contributed by atoms with van der Waals surface area (Å²) in [5.74, 6) is -0.0314. The zero-order valence-corrected chi connectivity index (χ0v) is 27.3. The number of amides is 2. The van der Waals surface area contributed by atoms with Crippen LogP contribution in [0.4, 0.5) is 5.69 Å². The van der Waals surface area contributed by atoms with Gasteiger partial charge in [-0.2, -0.15) is 0 Å². The number of benzene rings is 4. The van der Waals surface area contributed by atoms with E-state index in [4.69, 9.17) is 4.74 Å². The van der Waals surface area contributed by atoms with Gasteiger partial charge in [0, 0.05) is 20.0 Å². The van der Waals surface area contributed by atoms with Gasteiger partial charge in [0.15, 0.2) is 0 Å². The highest BCUT2D eigenvalue weighted by Gasteiger charge is 2.34. The average Bonchev–Trinajstić information content (AvgIpc) is 3.05. The Bertz CT molecular complexity index is 1690. The minimum atomic E-state index is -4.16. The van der Waals surface area contributed by atoms with Crippen LogP contribution in [0, 0.1) is 6.92 Å². The molecule has 8 nitrogen and oxygen atoms in total. The molecule has 0 radical (unpaired) electrons. The number of nitrogens with zero attached hydrogens (tertiary/aromatic N) is 2. The maximum absolute atomic E-state index is 14.5. The van der Waals surface area contributed by atoms with Gasteiger partial charge in [-0.3, -0.25) is 13.9 Å². The monoisotopic (exact) mass is 627 g/mol. The number of methoxy groups -OCH3 is 1. The maximum atomic E-state index is 14.5. The highest BCUT2D eigenvalue weighted by Crippen LogP contribution is 2.27. The predicted molar refractivity (Wildman–Crippen MR) is 178 cm³/mol. The van der Waals surface area contributed by atoms with Crippen LogP contribution >= 0.6 is 0 Å². The quantitative estimate of drug-likeness (QED) is 0.205. The minimum Gasteiger partial charge on any atom is -0.497 e. The third-order valence-electron chi connectivity index (χ3n) is 7.74. The van der Waals surface area contributed by atoms with Gasteiger partial charge in [-0.05, 0) is 65.9 Å². The van der Waals surface area contributed by atoms with E-state index in [0.717, 1.165) is 26.6 Å². The van der Waals surface area contributed by atoms with Crippen molar-refractivity contribution in [1.29, 1.82) is 0 Å². The first-order valence-electron chi connectivity index (χ1n) is 14.9. The molecule has 0 saturated heterocycles. The molecule has 9 heteroatoms. The molecule has 0 bridgehead atoms. The van der Waals surface area contributed by atoms with Gasteiger partial charge in [-0.25, -0.2) is 8.42 Å². The van der Waals surface area contributed by atoms with Crippen LogP contribution in [0.3, 0.4) is 0 Å². The van der Waals surface area contributed by atoms with Crippen molar-refractivity contribution >= 4 is 27.5 Å². The van der Waals surface area contributed by atoms with Crippen molar-refractivity contribution in [3.05, 3.63) is 125 Å². The van der Waals surface area contributed by atoms with Crippen molar-refractivity contribution in [3.8, 4) is 5.75 Å². The van der Waals surface area contributed by atoms with E-state index >= 15 is 0 Å². The smallest absolute Gasteiger partial charge is 0.264 e. The third-order valence-corrected chi connectivity index (χ3v) is 9.53. The Morgan fingerprint density at radius 2 is 1.49 bits per heavy atom. The number of aryl methyl sites for hydroxylation is 1. The molecule has 4 aromatic rings. The van der Waals surface area contributed by atoms with E-state index < -0.39 is 28.5 Å². The normalized spacial score (nSPS) is 12.0. The Morgan fingerprint density at radius 1 is 0.844 bits per heavy atom. The fourth-order valence-electron chi connectivity index (χ4n) is 5.08. The summed E-state index contributed by atoms with van der Waals surface area (Å²) in [6, 6.07) is 29.5. The predicted octanol–water partition coefficient (Wildman–Crippen LogP) is 5.71. The molecule has 0 spiro atoms. The van der Waals surface area contributed by atoms with E-state index in [2.05, 4.69) is 19.2 Å². The van der Waals surface area contributed by atoms with Crippen LogP contribution in [0.15, 0.2) is 108 Å². The number of carbonyl (C=O) groups excluding carboxylic acids is 2. The number of anilines is 1. The molecule has 0 aliphatic rings. The van der Waals surface area contributed by atoms with E-state index in [-0.39, 0.29) is 29.7 Å². The minimum absolute atomic E-state index is 0.0612. The molecule has 0 saturated carbocycles. The van der Waals surface area contributed by atoms with Crippen molar-refractivity contribution in [3.63, 3.8) is 0 Å². The van der Waals surface area contributed by atoms with E-state index in [1.165, 1.54) is 11.9 Å². The summed E-state index contributed by atoms with van der Waals surface area (Å²) >= 11 is 0. The Hall–Kier alpha value is -4.63. The first kappa shape index (κ1) is 33.3. The lowest BCUT2D eigenvalue weighted by atomic mass is 10.0. The van der Waals surface area contributed by atoms with Crippen LogP contribution in [0.1, 0.15) is 42.0 Å². The highest BCUT2D eigenvalue weighted by atomic mass is 32.2. The van der Waals surface area contributed by atoms with Crippen molar-refractivity contribution < 1.29 is 22.7 Å². The molecule has 1 N–H and O–H groups in total. The van der Waals surface area contributed by atoms with E-state index in [0.29, 0.717) is 11.4 Å². The van der Waals surface area contributed by atoms with Crippen LogP contribution in [0.2, 0.25) is 0 Å². The van der Waals surface area contributed by atoms with Crippen molar-refractivity contribution in [2.24, 2.45) is 0 Å². The zero-order valence-electron chi connectivity index (χ0n) is 26.4. The van der Waals surface area contributed by atoms with Crippen LogP contribution in [-0.2, 0) is 32.6 Å². The molecule has 0 unspecified atom stereocenters. The highest BCUT2D eigenvalue weighted by molar-refractivity contribution is 7.92. The summed E-state index contributed by atoms with van der Waals surface area (Å²) in [5, 5.41) is 2.70. The number of sulfonamides is 1. The van der Waals surface area contributed by atoms with Gasteiger partial charge in [0.25, 0.3) is 10.0 Å². The number of hydrogen-bond acceptors (Lipinski definition) is 5. The van der Waals surface area contributed by atoms with Crippen molar-refractivity contribution in [2.45, 2.75) is 50.6 Å². The van der Waals surface area contributed by atoms with Crippen molar-refractivity contribution in [2.75, 3.05) is 25.0 Å². The number of ether oxygens (including phenoxy) is 1. The number of hydrogen-bond donors (Lipinski definition) is 1. The second-order valence-electron chi connectivity index (χ2n) is 11.3. The van der Waals surface area contributed by atoms with Crippen LogP contribution in [0.25, 0.3) is 0 Å².